The molecule has 0 atom stereocenters. The van der Waals surface area contributed by atoms with Crippen molar-refractivity contribution in [3.05, 3.63) is 81.4 Å². The molecule has 0 amide bonds. The molecule has 0 saturated heterocycles. The van der Waals surface area contributed by atoms with E-state index >= 15 is 0 Å². The van der Waals surface area contributed by atoms with E-state index in [1.165, 1.54) is 6.07 Å². The van der Waals surface area contributed by atoms with Crippen LogP contribution in [0.5, 0.6) is 11.5 Å². The Labute approximate surface area is 189 Å². The maximum absolute atomic E-state index is 14.3. The number of halogens is 2. The minimum Gasteiger partial charge on any atom is -0.454 e. The molecule has 2 N–H and O–H groups in total. The lowest BCUT2D eigenvalue weighted by Crippen LogP contribution is -2.11. The summed E-state index contributed by atoms with van der Waals surface area (Å²) in [5, 5.41) is 0.663. The van der Waals surface area contributed by atoms with Crippen molar-refractivity contribution in [2.24, 2.45) is 0 Å². The molecule has 33 heavy (non-hydrogen) atoms. The van der Waals surface area contributed by atoms with Crippen molar-refractivity contribution in [3.63, 3.8) is 0 Å². The third-order valence-corrected chi connectivity index (χ3v) is 6.29. The van der Waals surface area contributed by atoms with E-state index in [1.807, 2.05) is 13.8 Å². The number of pyridine rings is 1. The van der Waals surface area contributed by atoms with Gasteiger partial charge in [0.15, 0.2) is 21.4 Å². The number of nitrogens with one attached hydrogen (secondary N) is 2. The Morgan fingerprint density at radius 1 is 1.03 bits per heavy atom. The zero-order valence-corrected chi connectivity index (χ0v) is 19.1. The molecule has 2 heterocycles. The Morgan fingerprint density at radius 3 is 2.42 bits per heavy atom. The van der Waals surface area contributed by atoms with Gasteiger partial charge in [0.1, 0.15) is 17.1 Å². The van der Waals surface area contributed by atoms with Gasteiger partial charge in [-0.1, -0.05) is 13.0 Å². The van der Waals surface area contributed by atoms with E-state index in [9.17, 15) is 22.0 Å². The zero-order chi connectivity index (χ0) is 23.9. The number of sulfone groups is 1. The van der Waals surface area contributed by atoms with Gasteiger partial charge >= 0.3 is 0 Å². The molecule has 4 aromatic rings. The molecular weight excluding hydrogens is 450 g/mol. The fourth-order valence-electron chi connectivity index (χ4n) is 3.95. The first kappa shape index (κ1) is 22.7. The summed E-state index contributed by atoms with van der Waals surface area (Å²) in [7, 11) is -3.32. The normalized spacial score (nSPS) is 11.8. The molecule has 0 radical (unpaired) electrons. The standard InChI is InChI=1S/C24H22F2N2O4S/c1-4-19-13(2)22-17(11-27-23(22)24(29)28-19)16-9-14(12-33(3,30)31)5-7-20(16)32-21-8-6-15(25)10-18(21)26/h5-11,27H,4,12H2,1-3H3,(H,28,29). The highest BCUT2D eigenvalue weighted by atomic mass is 32.2. The summed E-state index contributed by atoms with van der Waals surface area (Å²) in [6.45, 7) is 3.81. The van der Waals surface area contributed by atoms with E-state index in [-0.39, 0.29) is 22.8 Å². The third-order valence-electron chi connectivity index (χ3n) is 5.43. The van der Waals surface area contributed by atoms with Crippen molar-refractivity contribution in [1.82, 2.24) is 9.97 Å². The first-order chi connectivity index (χ1) is 15.6. The smallest absolute Gasteiger partial charge is 0.272 e. The monoisotopic (exact) mass is 472 g/mol. The largest absolute Gasteiger partial charge is 0.454 e. The molecule has 0 fully saturated rings. The van der Waals surface area contributed by atoms with Crippen LogP contribution in [0.1, 0.15) is 23.7 Å². The number of ether oxygens (including phenoxy) is 1. The second-order valence-electron chi connectivity index (χ2n) is 7.94. The molecule has 9 heteroatoms. The van der Waals surface area contributed by atoms with E-state index in [4.69, 9.17) is 4.74 Å². The first-order valence-corrected chi connectivity index (χ1v) is 12.3. The van der Waals surface area contributed by atoms with Crippen molar-refractivity contribution in [2.45, 2.75) is 26.0 Å². The molecule has 0 aliphatic heterocycles. The van der Waals surface area contributed by atoms with Gasteiger partial charge in [-0.2, -0.15) is 0 Å². The number of H-pyrrole nitrogens is 2. The van der Waals surface area contributed by atoms with Gasteiger partial charge in [-0.3, -0.25) is 4.79 Å². The molecule has 0 aliphatic carbocycles. The Kier molecular flexibility index (Phi) is 5.84. The highest BCUT2D eigenvalue weighted by Gasteiger charge is 2.19. The van der Waals surface area contributed by atoms with Crippen LogP contribution < -0.4 is 10.3 Å². The van der Waals surface area contributed by atoms with E-state index in [0.717, 1.165) is 29.6 Å². The molecule has 2 aromatic heterocycles. The van der Waals surface area contributed by atoms with Crippen molar-refractivity contribution >= 4 is 20.7 Å². The van der Waals surface area contributed by atoms with Crippen LogP contribution >= 0.6 is 0 Å². The highest BCUT2D eigenvalue weighted by Crippen LogP contribution is 2.39. The maximum atomic E-state index is 14.3. The molecule has 2 aromatic carbocycles. The Bertz CT molecular complexity index is 1540. The number of aryl methyl sites for hydroxylation is 2. The highest BCUT2D eigenvalue weighted by molar-refractivity contribution is 7.89. The fraction of sp³-hybridized carbons (Fsp3) is 0.208. The van der Waals surface area contributed by atoms with Gasteiger partial charge in [0, 0.05) is 40.7 Å². The Morgan fingerprint density at radius 2 is 1.76 bits per heavy atom. The van der Waals surface area contributed by atoms with Crippen LogP contribution in [0.2, 0.25) is 0 Å². The lowest BCUT2D eigenvalue weighted by atomic mass is 9.98. The molecular formula is C24H22F2N2O4S. The molecule has 0 spiro atoms. The van der Waals surface area contributed by atoms with Crippen molar-refractivity contribution in [3.8, 4) is 22.6 Å². The number of hydrogen-bond donors (Lipinski definition) is 2. The topological polar surface area (TPSA) is 92.0 Å². The SMILES string of the molecule is CCc1[nH]c(=O)c2[nH]cc(-c3cc(CS(C)(=O)=O)ccc3Oc3ccc(F)cc3F)c2c1C. The summed E-state index contributed by atoms with van der Waals surface area (Å²) in [6.07, 6.45) is 3.38. The second kappa shape index (κ2) is 8.47. The fourth-order valence-corrected chi connectivity index (χ4v) is 4.73. The molecule has 0 saturated carbocycles. The summed E-state index contributed by atoms with van der Waals surface area (Å²) in [5.41, 5.74) is 3.30. The van der Waals surface area contributed by atoms with Gasteiger partial charge in [0.25, 0.3) is 5.56 Å². The minimum absolute atomic E-state index is 0.183. The van der Waals surface area contributed by atoms with Gasteiger partial charge in [0.2, 0.25) is 0 Å². The number of benzene rings is 2. The molecule has 6 nitrogen and oxygen atoms in total. The predicted octanol–water partition coefficient (Wildman–Crippen LogP) is 5.01. The van der Waals surface area contributed by atoms with Crippen molar-refractivity contribution < 1.29 is 21.9 Å². The third kappa shape index (κ3) is 4.54. The van der Waals surface area contributed by atoms with E-state index < -0.39 is 21.5 Å². The summed E-state index contributed by atoms with van der Waals surface area (Å²) in [6, 6.07) is 7.74. The van der Waals surface area contributed by atoms with Gasteiger partial charge in [-0.05, 0) is 48.7 Å². The molecule has 0 aliphatic rings. The van der Waals surface area contributed by atoms with Gasteiger partial charge in [0.05, 0.1) is 5.75 Å². The lowest BCUT2D eigenvalue weighted by molar-refractivity contribution is 0.439. The number of rotatable bonds is 6. The minimum atomic E-state index is -3.32. The number of aromatic nitrogens is 2. The summed E-state index contributed by atoms with van der Waals surface area (Å²) in [5.74, 6) is -1.76. The predicted molar refractivity (Wildman–Crippen MR) is 123 cm³/mol. The van der Waals surface area contributed by atoms with Crippen LogP contribution in [0.4, 0.5) is 8.78 Å². The average molecular weight is 473 g/mol. The van der Waals surface area contributed by atoms with Crippen LogP contribution in [0, 0.1) is 18.6 Å². The summed E-state index contributed by atoms with van der Waals surface area (Å²) < 4.78 is 57.2. The zero-order valence-electron chi connectivity index (χ0n) is 18.3. The average Bonchev–Trinajstić information content (AvgIpc) is 3.18. The van der Waals surface area contributed by atoms with Crippen LogP contribution in [0.15, 0.2) is 47.4 Å². The summed E-state index contributed by atoms with van der Waals surface area (Å²) in [4.78, 5) is 18.4. The molecule has 0 bridgehead atoms. The molecule has 0 unspecified atom stereocenters. The van der Waals surface area contributed by atoms with E-state index in [2.05, 4.69) is 9.97 Å². The van der Waals surface area contributed by atoms with Gasteiger partial charge in [-0.25, -0.2) is 17.2 Å². The number of fused-ring (bicyclic) bond motifs is 1. The maximum Gasteiger partial charge on any atom is 0.272 e. The number of hydrogen-bond acceptors (Lipinski definition) is 4. The van der Waals surface area contributed by atoms with Gasteiger partial charge < -0.3 is 14.7 Å². The van der Waals surface area contributed by atoms with Crippen molar-refractivity contribution in [1.29, 1.82) is 0 Å². The van der Waals surface area contributed by atoms with E-state index in [0.29, 0.717) is 34.0 Å². The van der Waals surface area contributed by atoms with Crippen LogP contribution in [0.3, 0.4) is 0 Å². The first-order valence-electron chi connectivity index (χ1n) is 10.2. The van der Waals surface area contributed by atoms with Crippen LogP contribution in [-0.4, -0.2) is 24.6 Å². The Balaban J connectivity index is 1.96. The molecule has 4 rings (SSSR count). The van der Waals surface area contributed by atoms with E-state index in [1.54, 1.807) is 24.4 Å². The summed E-state index contributed by atoms with van der Waals surface area (Å²) >= 11 is 0. The van der Waals surface area contributed by atoms with Crippen molar-refractivity contribution in [2.75, 3.05) is 6.26 Å². The van der Waals surface area contributed by atoms with Crippen LogP contribution in [-0.2, 0) is 22.0 Å². The van der Waals surface area contributed by atoms with Crippen LogP contribution in [0.25, 0.3) is 22.0 Å². The number of aromatic amines is 2. The quantitative estimate of drug-likeness (QED) is 0.413. The molecule has 172 valence electrons. The second-order valence-corrected chi connectivity index (χ2v) is 10.1. The Hall–Kier alpha value is -3.46. The van der Waals surface area contributed by atoms with Gasteiger partial charge in [-0.15, -0.1) is 0 Å². The lowest BCUT2D eigenvalue weighted by Gasteiger charge is -2.14.